The van der Waals surface area contributed by atoms with E-state index in [0.717, 1.165) is 48.6 Å². The molecule has 0 bridgehead atoms. The number of carbonyl (C=O) groups is 1. The van der Waals surface area contributed by atoms with Crippen LogP contribution in [-0.4, -0.2) is 61.3 Å². The van der Waals surface area contributed by atoms with Gasteiger partial charge in [0, 0.05) is 53.0 Å². The number of nitrogens with zero attached hydrogens (tertiary/aromatic N) is 5. The van der Waals surface area contributed by atoms with Gasteiger partial charge in [0.05, 0.1) is 41.4 Å². The first-order chi connectivity index (χ1) is 25.7. The van der Waals surface area contributed by atoms with Crippen LogP contribution in [-0.2, 0) is 24.4 Å². The SMILES string of the molecule is Cc1cc(NC(=O)c2ccc3c(c2)nc(CN2CC=C(c4cccc(OCc5ccc(Cl)cc5F)n4)CC2)n3C[C@@H]2CCO2)cc2c(C(F)F)n[nH]c12. The average molecular weight is 742 g/mol. The highest BCUT2D eigenvalue weighted by Crippen LogP contribution is 2.31. The zero-order valence-corrected chi connectivity index (χ0v) is 29.5. The highest BCUT2D eigenvalue weighted by molar-refractivity contribution is 6.30. The Morgan fingerprint density at radius 2 is 2.00 bits per heavy atom. The Kier molecular flexibility index (Phi) is 9.62. The maximum atomic E-state index is 14.2. The fraction of sp³-hybridized carbons (Fsp3) is 0.282. The summed E-state index contributed by atoms with van der Waals surface area (Å²) < 4.78 is 55.1. The van der Waals surface area contributed by atoms with Gasteiger partial charge in [-0.15, -0.1) is 0 Å². The number of carbonyl (C=O) groups excluding carboxylic acids is 1. The Hall–Kier alpha value is -5.24. The first-order valence-corrected chi connectivity index (χ1v) is 17.7. The molecule has 0 unspecified atom stereocenters. The van der Waals surface area contributed by atoms with E-state index in [0.29, 0.717) is 63.9 Å². The van der Waals surface area contributed by atoms with Gasteiger partial charge in [0.2, 0.25) is 5.88 Å². The predicted molar refractivity (Wildman–Crippen MR) is 196 cm³/mol. The number of pyridine rings is 1. The lowest BCUT2D eigenvalue weighted by molar-refractivity contribution is -0.0591. The number of H-pyrrole nitrogens is 1. The van der Waals surface area contributed by atoms with Gasteiger partial charge >= 0.3 is 0 Å². The summed E-state index contributed by atoms with van der Waals surface area (Å²) in [5, 5.41) is 9.88. The maximum absolute atomic E-state index is 14.2. The molecular formula is C39H35ClF3N7O3. The topological polar surface area (TPSA) is 110 Å². The number of aromatic amines is 1. The van der Waals surface area contributed by atoms with E-state index in [2.05, 4.69) is 36.0 Å². The van der Waals surface area contributed by atoms with Gasteiger partial charge in [0.1, 0.15) is 23.9 Å². The number of hydrogen-bond acceptors (Lipinski definition) is 7. The monoisotopic (exact) mass is 741 g/mol. The molecule has 2 aliphatic heterocycles. The number of halogens is 4. The molecule has 2 aliphatic rings. The molecule has 1 saturated heterocycles. The van der Waals surface area contributed by atoms with Crippen molar-refractivity contribution in [2.75, 3.05) is 25.0 Å². The van der Waals surface area contributed by atoms with E-state index in [1.54, 1.807) is 43.3 Å². The first-order valence-electron chi connectivity index (χ1n) is 17.3. The predicted octanol–water partition coefficient (Wildman–Crippen LogP) is 8.26. The Bertz CT molecular complexity index is 2370. The molecule has 2 N–H and O–H groups in total. The summed E-state index contributed by atoms with van der Waals surface area (Å²) in [4.78, 5) is 25.4. The Morgan fingerprint density at radius 1 is 1.13 bits per heavy atom. The van der Waals surface area contributed by atoms with Gasteiger partial charge in [-0.2, -0.15) is 5.10 Å². The van der Waals surface area contributed by atoms with Gasteiger partial charge < -0.3 is 19.4 Å². The minimum absolute atomic E-state index is 0.0393. The fourth-order valence-corrected chi connectivity index (χ4v) is 6.94. The number of anilines is 1. The second-order valence-electron chi connectivity index (χ2n) is 13.3. The lowest BCUT2D eigenvalue weighted by Gasteiger charge is -2.29. The zero-order chi connectivity index (χ0) is 36.6. The number of rotatable bonds is 11. The van der Waals surface area contributed by atoms with Crippen molar-refractivity contribution in [3.05, 3.63) is 118 Å². The van der Waals surface area contributed by atoms with Crippen LogP contribution in [0.25, 0.3) is 27.5 Å². The summed E-state index contributed by atoms with van der Waals surface area (Å²) in [7, 11) is 0. The van der Waals surface area contributed by atoms with Gasteiger partial charge in [-0.1, -0.05) is 29.8 Å². The molecule has 10 nitrogen and oxygen atoms in total. The van der Waals surface area contributed by atoms with Crippen LogP contribution < -0.4 is 10.1 Å². The summed E-state index contributed by atoms with van der Waals surface area (Å²) in [5.74, 6) is 0.483. The quantitative estimate of drug-likeness (QED) is 0.138. The lowest BCUT2D eigenvalue weighted by Crippen LogP contribution is -2.33. The molecule has 1 fully saturated rings. The minimum Gasteiger partial charge on any atom is -0.473 e. The highest BCUT2D eigenvalue weighted by Gasteiger charge is 2.25. The summed E-state index contributed by atoms with van der Waals surface area (Å²) in [6, 6.07) is 18.7. The normalized spacial score (nSPS) is 16.3. The summed E-state index contributed by atoms with van der Waals surface area (Å²) in [6.45, 7) is 5.25. The van der Waals surface area contributed by atoms with E-state index in [-0.39, 0.29) is 29.7 Å². The number of imidazole rings is 1. The summed E-state index contributed by atoms with van der Waals surface area (Å²) in [6.07, 6.45) is 1.24. The smallest absolute Gasteiger partial charge is 0.282 e. The van der Waals surface area contributed by atoms with Crippen LogP contribution >= 0.6 is 11.6 Å². The highest BCUT2D eigenvalue weighted by atomic mass is 35.5. The van der Waals surface area contributed by atoms with Crippen molar-refractivity contribution < 1.29 is 27.4 Å². The average Bonchev–Trinajstić information content (AvgIpc) is 3.71. The third kappa shape index (κ3) is 7.37. The van der Waals surface area contributed by atoms with Gasteiger partial charge in [-0.3, -0.25) is 14.8 Å². The van der Waals surface area contributed by atoms with Crippen LogP contribution in [0.3, 0.4) is 0 Å². The number of amides is 1. The van der Waals surface area contributed by atoms with Crippen molar-refractivity contribution in [2.24, 2.45) is 0 Å². The molecule has 0 saturated carbocycles. The number of hydrogen-bond donors (Lipinski definition) is 2. The summed E-state index contributed by atoms with van der Waals surface area (Å²) >= 11 is 5.87. The molecule has 14 heteroatoms. The molecule has 3 aromatic carbocycles. The number of benzene rings is 3. The van der Waals surface area contributed by atoms with Crippen molar-refractivity contribution in [1.82, 2.24) is 29.6 Å². The standard InChI is InChI=1S/C39H35ClF3N7O3/c1-22-15-27(18-29-36(22)47-48-37(29)38(42)43)44-39(51)24-6-8-33-32(16-24)45-34(50(33)19-28-11-14-52-28)20-49-12-9-23(10-13-49)31-3-2-4-35(46-31)53-21-25-5-7-26(40)17-30(25)41/h2-9,15-18,28,38H,10-14,19-21H2,1H3,(H,44,51)(H,47,48)/t28-/m0/s1. The molecule has 1 atom stereocenters. The third-order valence-corrected chi connectivity index (χ3v) is 9.97. The first kappa shape index (κ1) is 34.8. The molecule has 0 spiro atoms. The van der Waals surface area contributed by atoms with Crippen LogP contribution in [0.4, 0.5) is 18.9 Å². The summed E-state index contributed by atoms with van der Waals surface area (Å²) in [5.41, 5.74) is 5.54. The van der Waals surface area contributed by atoms with Crippen LogP contribution in [0.2, 0.25) is 5.02 Å². The number of ether oxygens (including phenoxy) is 2. The van der Waals surface area contributed by atoms with Crippen molar-refractivity contribution in [1.29, 1.82) is 0 Å². The number of nitrogens with one attached hydrogen (secondary N) is 2. The van der Waals surface area contributed by atoms with Crippen molar-refractivity contribution in [3.8, 4) is 5.88 Å². The zero-order valence-electron chi connectivity index (χ0n) is 28.7. The van der Waals surface area contributed by atoms with E-state index in [9.17, 15) is 18.0 Å². The molecule has 6 aromatic rings. The van der Waals surface area contributed by atoms with Crippen molar-refractivity contribution in [3.63, 3.8) is 0 Å². The Balaban J connectivity index is 0.974. The van der Waals surface area contributed by atoms with Crippen LogP contribution in [0.15, 0.2) is 72.8 Å². The number of aromatic nitrogens is 5. The van der Waals surface area contributed by atoms with Crippen LogP contribution in [0, 0.1) is 12.7 Å². The number of alkyl halides is 2. The van der Waals surface area contributed by atoms with E-state index < -0.39 is 12.2 Å². The van der Waals surface area contributed by atoms with E-state index in [1.807, 2.05) is 18.2 Å². The fourth-order valence-electron chi connectivity index (χ4n) is 6.79. The lowest BCUT2D eigenvalue weighted by atomic mass is 10.0. The number of fused-ring (bicyclic) bond motifs is 2. The Labute approximate surface area is 307 Å². The molecule has 1 amide bonds. The second-order valence-corrected chi connectivity index (χ2v) is 13.7. The largest absolute Gasteiger partial charge is 0.473 e. The van der Waals surface area contributed by atoms with Gasteiger partial charge in [-0.25, -0.2) is 23.1 Å². The van der Waals surface area contributed by atoms with E-state index in [4.69, 9.17) is 26.1 Å². The van der Waals surface area contributed by atoms with Crippen molar-refractivity contribution >= 4 is 50.7 Å². The van der Waals surface area contributed by atoms with Crippen molar-refractivity contribution in [2.45, 2.75) is 52.0 Å². The third-order valence-electron chi connectivity index (χ3n) is 9.73. The van der Waals surface area contributed by atoms with Crippen LogP contribution in [0.5, 0.6) is 5.88 Å². The second kappa shape index (κ2) is 14.6. The number of aryl methyl sites for hydroxylation is 1. The van der Waals surface area contributed by atoms with E-state index >= 15 is 0 Å². The molecule has 0 aliphatic carbocycles. The van der Waals surface area contributed by atoms with Gasteiger partial charge in [0.25, 0.3) is 12.3 Å². The molecular weight excluding hydrogens is 707 g/mol. The van der Waals surface area contributed by atoms with E-state index in [1.165, 1.54) is 12.1 Å². The molecule has 53 heavy (non-hydrogen) atoms. The van der Waals surface area contributed by atoms with Crippen LogP contribution in [0.1, 0.15) is 58.0 Å². The van der Waals surface area contributed by atoms with Gasteiger partial charge in [0.15, 0.2) is 0 Å². The molecule has 0 radical (unpaired) electrons. The maximum Gasteiger partial charge on any atom is 0.282 e. The molecule has 3 aromatic heterocycles. The minimum atomic E-state index is -2.75. The molecule has 8 rings (SSSR count). The Morgan fingerprint density at radius 3 is 2.75 bits per heavy atom. The molecule has 5 heterocycles. The molecule has 272 valence electrons. The van der Waals surface area contributed by atoms with Gasteiger partial charge in [-0.05, 0) is 79.4 Å².